The Hall–Kier alpha value is -7.54. The highest BCUT2D eigenvalue weighted by atomic mass is 14.9. The Labute approximate surface area is 327 Å². The normalized spacial score (nSPS) is 11.9. The Morgan fingerprint density at radius 1 is 0.482 bits per heavy atom. The van der Waals surface area contributed by atoms with E-state index < -0.39 is 0 Å². The van der Waals surface area contributed by atoms with Gasteiger partial charge in [-0.15, -0.1) is 0 Å². The third-order valence-corrected chi connectivity index (χ3v) is 10.6. The van der Waals surface area contributed by atoms with E-state index in [1.807, 2.05) is 54.6 Å². The Bertz CT molecular complexity index is 2950. The number of nitriles is 1. The molecular formula is C53H37N3. The number of aliphatic imine (C=N–C) groups is 1. The molecule has 0 aliphatic rings. The van der Waals surface area contributed by atoms with Gasteiger partial charge in [-0.3, -0.25) is 0 Å². The molecule has 0 saturated heterocycles. The van der Waals surface area contributed by atoms with E-state index in [-0.39, 0.29) is 0 Å². The van der Waals surface area contributed by atoms with Crippen LogP contribution in [-0.2, 0) is 6.42 Å². The topological polar surface area (TPSA) is 62.2 Å². The van der Waals surface area contributed by atoms with Crippen LogP contribution >= 0.6 is 0 Å². The van der Waals surface area contributed by atoms with E-state index in [0.717, 1.165) is 39.1 Å². The zero-order valence-electron chi connectivity index (χ0n) is 30.7. The van der Waals surface area contributed by atoms with Crippen molar-refractivity contribution in [3.05, 3.63) is 222 Å². The molecule has 0 heterocycles. The molecule has 0 fully saturated rings. The highest BCUT2D eigenvalue weighted by molar-refractivity contribution is 6.27. The van der Waals surface area contributed by atoms with Crippen LogP contribution in [0, 0.1) is 11.3 Å². The van der Waals surface area contributed by atoms with Crippen LogP contribution in [0.5, 0.6) is 0 Å². The zero-order chi connectivity index (χ0) is 37.8. The summed E-state index contributed by atoms with van der Waals surface area (Å²) < 4.78 is 0. The van der Waals surface area contributed by atoms with Crippen molar-refractivity contribution in [2.75, 3.05) is 0 Å². The molecule has 0 atom stereocenters. The summed E-state index contributed by atoms with van der Waals surface area (Å²) in [6.45, 7) is 0. The van der Waals surface area contributed by atoms with Crippen LogP contribution in [0.4, 0.5) is 0 Å². The first kappa shape index (κ1) is 34.2. The van der Waals surface area contributed by atoms with Crippen LogP contribution in [-0.4, -0.2) is 5.84 Å². The van der Waals surface area contributed by atoms with Gasteiger partial charge < -0.3 is 5.73 Å². The summed E-state index contributed by atoms with van der Waals surface area (Å²) in [6.07, 6.45) is 2.84. The summed E-state index contributed by atoms with van der Waals surface area (Å²) >= 11 is 0. The highest BCUT2D eigenvalue weighted by Crippen LogP contribution is 2.46. The molecule has 0 amide bonds. The fraction of sp³-hybridized carbons (Fsp3) is 0.0189. The lowest BCUT2D eigenvalue weighted by molar-refractivity contribution is 1.26. The van der Waals surface area contributed by atoms with Gasteiger partial charge in [-0.25, -0.2) is 4.99 Å². The van der Waals surface area contributed by atoms with Crippen molar-refractivity contribution >= 4 is 43.9 Å². The molecule has 0 unspecified atom stereocenters. The van der Waals surface area contributed by atoms with Gasteiger partial charge in [-0.1, -0.05) is 188 Å². The number of nitrogens with zero attached hydrogens (tertiary/aromatic N) is 2. The van der Waals surface area contributed by atoms with E-state index in [2.05, 4.69) is 152 Å². The quantitative estimate of drug-likeness (QED) is 0.0737. The van der Waals surface area contributed by atoms with Gasteiger partial charge in [-0.05, 0) is 95.4 Å². The van der Waals surface area contributed by atoms with E-state index in [1.54, 1.807) is 0 Å². The molecular weight excluding hydrogens is 679 g/mol. The molecule has 0 bridgehead atoms. The summed E-state index contributed by atoms with van der Waals surface area (Å²) in [5, 5.41) is 16.6. The van der Waals surface area contributed by atoms with Crippen LogP contribution < -0.4 is 5.73 Å². The van der Waals surface area contributed by atoms with Crippen LogP contribution in [0.2, 0.25) is 0 Å². The lowest BCUT2D eigenvalue weighted by Crippen LogP contribution is -2.13. The Morgan fingerprint density at radius 2 is 1.04 bits per heavy atom. The van der Waals surface area contributed by atoms with Crippen molar-refractivity contribution in [3.63, 3.8) is 0 Å². The highest BCUT2D eigenvalue weighted by Gasteiger charge is 2.19. The molecule has 3 heteroatoms. The van der Waals surface area contributed by atoms with Gasteiger partial charge in [-0.2, -0.15) is 5.26 Å². The number of allylic oxidation sites excluding steroid dienone is 1. The van der Waals surface area contributed by atoms with Crippen molar-refractivity contribution < 1.29 is 0 Å². The van der Waals surface area contributed by atoms with Gasteiger partial charge >= 0.3 is 0 Å². The molecule has 56 heavy (non-hydrogen) atoms. The molecule has 3 nitrogen and oxygen atoms in total. The molecule has 0 saturated carbocycles. The van der Waals surface area contributed by atoms with E-state index in [9.17, 15) is 5.26 Å². The number of amidine groups is 1. The summed E-state index contributed by atoms with van der Waals surface area (Å²) in [7, 11) is 0. The van der Waals surface area contributed by atoms with Crippen molar-refractivity contribution in [2.24, 2.45) is 10.7 Å². The second-order valence-corrected chi connectivity index (χ2v) is 14.0. The molecule has 264 valence electrons. The fourth-order valence-electron chi connectivity index (χ4n) is 7.79. The number of hydrogen-bond donors (Lipinski definition) is 1. The fourth-order valence-corrected chi connectivity index (χ4v) is 7.79. The minimum absolute atomic E-state index is 0.469. The molecule has 9 aromatic carbocycles. The second-order valence-electron chi connectivity index (χ2n) is 14.0. The Morgan fingerprint density at radius 3 is 1.71 bits per heavy atom. The maximum absolute atomic E-state index is 9.19. The van der Waals surface area contributed by atoms with Crippen molar-refractivity contribution in [3.8, 4) is 39.4 Å². The smallest absolute Gasteiger partial charge is 0.131 e. The molecule has 9 aromatic rings. The van der Waals surface area contributed by atoms with Gasteiger partial charge in [0.05, 0.1) is 17.3 Å². The zero-order valence-corrected chi connectivity index (χ0v) is 30.7. The van der Waals surface area contributed by atoms with E-state index >= 15 is 0 Å². The number of fused-ring (bicyclic) bond motifs is 4. The molecule has 0 spiro atoms. The third-order valence-electron chi connectivity index (χ3n) is 10.6. The Balaban J connectivity index is 1.15. The van der Waals surface area contributed by atoms with Crippen LogP contribution in [0.1, 0.15) is 22.3 Å². The van der Waals surface area contributed by atoms with Gasteiger partial charge in [0.15, 0.2) is 0 Å². The summed E-state index contributed by atoms with van der Waals surface area (Å²) in [6, 6.07) is 69.9. The van der Waals surface area contributed by atoms with Gasteiger partial charge in [0, 0.05) is 5.56 Å². The monoisotopic (exact) mass is 715 g/mol. The largest absolute Gasteiger partial charge is 0.383 e. The van der Waals surface area contributed by atoms with Crippen LogP contribution in [0.3, 0.4) is 0 Å². The average molecular weight is 716 g/mol. The summed E-state index contributed by atoms with van der Waals surface area (Å²) in [5.74, 6) is 0.469. The van der Waals surface area contributed by atoms with Crippen molar-refractivity contribution in [2.45, 2.75) is 6.42 Å². The number of hydrogen-bond acceptors (Lipinski definition) is 2. The summed E-state index contributed by atoms with van der Waals surface area (Å²) in [5.41, 5.74) is 18.2. The molecule has 0 aromatic heterocycles. The summed E-state index contributed by atoms with van der Waals surface area (Å²) in [4.78, 5) is 5.03. The molecule has 2 N–H and O–H groups in total. The number of nitrogens with two attached hydrogens (primary N) is 1. The van der Waals surface area contributed by atoms with Crippen molar-refractivity contribution in [1.82, 2.24) is 0 Å². The first-order chi connectivity index (χ1) is 27.6. The predicted molar refractivity (Wildman–Crippen MR) is 235 cm³/mol. The molecule has 0 radical (unpaired) electrons. The second kappa shape index (κ2) is 15.1. The lowest BCUT2D eigenvalue weighted by Gasteiger charge is -2.19. The van der Waals surface area contributed by atoms with Gasteiger partial charge in [0.2, 0.25) is 0 Å². The maximum Gasteiger partial charge on any atom is 0.131 e. The molecule has 0 aliphatic carbocycles. The molecule has 9 rings (SSSR count). The Kier molecular flexibility index (Phi) is 9.21. The number of benzene rings is 9. The SMILES string of the molecule is N#Cc1ccc(-c2ccc(C/C=C(\N=C(N)c3ccccc3)c3ccc(-c4c5ccccc5c(-c5ccccc5)c5ccc6ccccc6c45)cc3)cc2)cc1. The van der Waals surface area contributed by atoms with Gasteiger partial charge in [0.25, 0.3) is 0 Å². The third kappa shape index (κ3) is 6.62. The molecule has 0 aliphatic heterocycles. The lowest BCUT2D eigenvalue weighted by atomic mass is 9.84. The predicted octanol–water partition coefficient (Wildman–Crippen LogP) is 13.0. The minimum Gasteiger partial charge on any atom is -0.383 e. The first-order valence-electron chi connectivity index (χ1n) is 18.9. The number of rotatable bonds is 8. The van der Waals surface area contributed by atoms with Gasteiger partial charge in [0.1, 0.15) is 5.84 Å². The standard InChI is InChI=1S/C53H37N3/c54-35-37-21-26-39(27-22-37)38-24-19-36(20-25-38)23-34-49(56-53(55)44-14-5-2-6-15-44)41-28-30-43(31-29-41)51-47-18-10-9-17-46(47)50(42-12-3-1-4-13-42)48-33-32-40-11-7-8-16-45(40)52(48)51/h1-22,24-34H,23H2,(H2,55,56)/b49-34-. The van der Waals surface area contributed by atoms with Crippen LogP contribution in [0.25, 0.3) is 71.4 Å². The first-order valence-corrected chi connectivity index (χ1v) is 18.9. The minimum atomic E-state index is 0.469. The van der Waals surface area contributed by atoms with E-state index in [0.29, 0.717) is 17.8 Å². The van der Waals surface area contributed by atoms with Crippen LogP contribution in [0.15, 0.2) is 205 Å². The average Bonchev–Trinajstić information content (AvgIpc) is 3.27. The van der Waals surface area contributed by atoms with E-state index in [4.69, 9.17) is 10.7 Å². The van der Waals surface area contributed by atoms with E-state index in [1.165, 1.54) is 49.0 Å². The maximum atomic E-state index is 9.19. The van der Waals surface area contributed by atoms with Crippen molar-refractivity contribution in [1.29, 1.82) is 5.26 Å².